The van der Waals surface area contributed by atoms with E-state index in [1.807, 2.05) is 0 Å². The van der Waals surface area contributed by atoms with Gasteiger partial charge in [0.05, 0.1) is 5.56 Å². The van der Waals surface area contributed by atoms with Crippen LogP contribution in [0.5, 0.6) is 0 Å². The fraction of sp³-hybridized carbons (Fsp3) is 0.417. The summed E-state index contributed by atoms with van der Waals surface area (Å²) >= 11 is 9.17. The molecule has 1 fully saturated rings. The molecule has 2 rings (SSSR count). The molecule has 100 valence electrons. The van der Waals surface area contributed by atoms with Crippen molar-refractivity contribution in [1.82, 2.24) is 5.32 Å². The molecule has 6 heteroatoms. The van der Waals surface area contributed by atoms with E-state index in [0.29, 0.717) is 27.5 Å². The van der Waals surface area contributed by atoms with Gasteiger partial charge in [0.2, 0.25) is 0 Å². The van der Waals surface area contributed by atoms with Crippen LogP contribution in [0, 0.1) is 5.92 Å². The Morgan fingerprint density at radius 3 is 2.72 bits per heavy atom. The average molecular weight is 354 g/mol. The van der Waals surface area contributed by atoms with Crippen LogP contribution in [0.15, 0.2) is 22.7 Å². The van der Waals surface area contributed by atoms with Crippen molar-refractivity contribution in [3.63, 3.8) is 0 Å². The second-order valence-electron chi connectivity index (χ2n) is 4.28. The number of carbonyl (C=O) groups excluding carboxylic acids is 1. The topological polar surface area (TPSA) is 55.1 Å². The van der Waals surface area contributed by atoms with Gasteiger partial charge in [0.1, 0.15) is 0 Å². The van der Waals surface area contributed by atoms with Crippen molar-refractivity contribution in [3.8, 4) is 0 Å². The van der Waals surface area contributed by atoms with Crippen LogP contribution in [0.2, 0.25) is 5.02 Å². The molecule has 0 aliphatic heterocycles. The summed E-state index contributed by atoms with van der Waals surface area (Å²) < 4.78 is 0.703. The van der Waals surface area contributed by atoms with Crippen LogP contribution in [0.4, 0.5) is 0 Å². The Labute approximate surface area is 126 Å². The number of amides is 1. The number of halogens is 3. The molecule has 3 nitrogen and oxygen atoms in total. The van der Waals surface area contributed by atoms with E-state index in [-0.39, 0.29) is 24.4 Å². The number of benzene rings is 1. The molecule has 18 heavy (non-hydrogen) atoms. The third-order valence-corrected chi connectivity index (χ3v) is 3.83. The molecular weight excluding hydrogens is 339 g/mol. The Morgan fingerprint density at radius 2 is 2.22 bits per heavy atom. The van der Waals surface area contributed by atoms with E-state index in [1.165, 1.54) is 0 Å². The van der Waals surface area contributed by atoms with Gasteiger partial charge in [0.15, 0.2) is 0 Å². The molecule has 1 unspecified atom stereocenters. The van der Waals surface area contributed by atoms with E-state index >= 15 is 0 Å². The first-order valence-electron chi connectivity index (χ1n) is 5.58. The van der Waals surface area contributed by atoms with Crippen molar-refractivity contribution < 1.29 is 4.79 Å². The molecular formula is C12H15BrCl2N2O. The Balaban J connectivity index is 0.00000162. The monoisotopic (exact) mass is 352 g/mol. The maximum atomic E-state index is 12.0. The molecule has 0 bridgehead atoms. The molecule has 0 saturated heterocycles. The molecule has 1 aliphatic rings. The first kappa shape index (κ1) is 15.8. The summed E-state index contributed by atoms with van der Waals surface area (Å²) in [6.07, 6.45) is 2.31. The highest BCUT2D eigenvalue weighted by Gasteiger charge is 2.31. The predicted octanol–water partition coefficient (Wildman–Crippen LogP) is 2.99. The van der Waals surface area contributed by atoms with Gasteiger partial charge in [0.25, 0.3) is 5.91 Å². The van der Waals surface area contributed by atoms with Gasteiger partial charge >= 0.3 is 0 Å². The van der Waals surface area contributed by atoms with Gasteiger partial charge in [-0.15, -0.1) is 12.4 Å². The zero-order chi connectivity index (χ0) is 12.4. The summed E-state index contributed by atoms with van der Waals surface area (Å²) in [6.45, 7) is 0.488. The quantitative estimate of drug-likeness (QED) is 0.874. The molecule has 1 aromatic carbocycles. The lowest BCUT2D eigenvalue weighted by Crippen LogP contribution is -2.41. The third kappa shape index (κ3) is 3.85. The second-order valence-corrected chi connectivity index (χ2v) is 5.57. The Bertz CT molecular complexity index is 438. The lowest BCUT2D eigenvalue weighted by atomic mass is 10.1. The molecule has 3 N–H and O–H groups in total. The van der Waals surface area contributed by atoms with Crippen LogP contribution in [-0.2, 0) is 0 Å². The highest BCUT2D eigenvalue weighted by atomic mass is 79.9. The SMILES string of the molecule is Cl.NCC(NC(=O)c1ccc(Cl)cc1Br)C1CC1. The molecule has 1 atom stereocenters. The number of nitrogens with one attached hydrogen (secondary N) is 1. The van der Waals surface area contributed by atoms with E-state index in [9.17, 15) is 4.79 Å². The van der Waals surface area contributed by atoms with Gasteiger partial charge in [-0.25, -0.2) is 0 Å². The Hall–Kier alpha value is -0.290. The highest BCUT2D eigenvalue weighted by Crippen LogP contribution is 2.32. The Kier molecular flexibility index (Phi) is 5.92. The van der Waals surface area contributed by atoms with E-state index in [4.69, 9.17) is 17.3 Å². The number of rotatable bonds is 4. The van der Waals surface area contributed by atoms with Gasteiger partial charge in [-0.05, 0) is 52.9 Å². The van der Waals surface area contributed by atoms with Crippen molar-refractivity contribution in [1.29, 1.82) is 0 Å². The van der Waals surface area contributed by atoms with E-state index in [1.54, 1.807) is 18.2 Å². The van der Waals surface area contributed by atoms with Crippen molar-refractivity contribution in [2.24, 2.45) is 11.7 Å². The molecule has 1 saturated carbocycles. The summed E-state index contributed by atoms with van der Waals surface area (Å²) in [5.41, 5.74) is 6.25. The smallest absolute Gasteiger partial charge is 0.252 e. The minimum Gasteiger partial charge on any atom is -0.348 e. The largest absolute Gasteiger partial charge is 0.348 e. The third-order valence-electron chi connectivity index (χ3n) is 2.94. The molecule has 0 heterocycles. The van der Waals surface area contributed by atoms with Crippen LogP contribution in [0.1, 0.15) is 23.2 Å². The minimum absolute atomic E-state index is 0. The molecule has 1 aliphatic carbocycles. The lowest BCUT2D eigenvalue weighted by Gasteiger charge is -2.16. The van der Waals surface area contributed by atoms with Gasteiger partial charge in [-0.1, -0.05) is 11.6 Å². The summed E-state index contributed by atoms with van der Waals surface area (Å²) in [4.78, 5) is 12.0. The Morgan fingerprint density at radius 1 is 1.56 bits per heavy atom. The van der Waals surface area contributed by atoms with E-state index < -0.39 is 0 Å². The van der Waals surface area contributed by atoms with Crippen LogP contribution in [0.3, 0.4) is 0 Å². The number of nitrogens with two attached hydrogens (primary N) is 1. The van der Waals surface area contributed by atoms with Gasteiger partial charge in [-0.3, -0.25) is 4.79 Å². The number of hydrogen-bond acceptors (Lipinski definition) is 2. The average Bonchev–Trinajstić information content (AvgIpc) is 3.09. The van der Waals surface area contributed by atoms with Crippen molar-refractivity contribution in [2.75, 3.05) is 6.54 Å². The van der Waals surface area contributed by atoms with Crippen LogP contribution < -0.4 is 11.1 Å². The number of hydrogen-bond donors (Lipinski definition) is 2. The zero-order valence-electron chi connectivity index (χ0n) is 9.66. The summed E-state index contributed by atoms with van der Waals surface area (Å²) in [7, 11) is 0. The second kappa shape index (κ2) is 6.75. The van der Waals surface area contributed by atoms with Crippen molar-refractivity contribution >= 4 is 45.8 Å². The normalized spacial score (nSPS) is 15.7. The van der Waals surface area contributed by atoms with Crippen LogP contribution >= 0.6 is 39.9 Å². The fourth-order valence-corrected chi connectivity index (χ4v) is 2.65. The maximum absolute atomic E-state index is 12.0. The van der Waals surface area contributed by atoms with Crippen molar-refractivity contribution in [2.45, 2.75) is 18.9 Å². The lowest BCUT2D eigenvalue weighted by molar-refractivity contribution is 0.0932. The molecule has 0 radical (unpaired) electrons. The zero-order valence-corrected chi connectivity index (χ0v) is 12.8. The summed E-state index contributed by atoms with van der Waals surface area (Å²) in [6, 6.07) is 5.22. The fourth-order valence-electron chi connectivity index (χ4n) is 1.79. The first-order valence-corrected chi connectivity index (χ1v) is 6.75. The first-order chi connectivity index (χ1) is 8.11. The van der Waals surface area contributed by atoms with E-state index in [0.717, 1.165) is 12.8 Å². The molecule has 0 aromatic heterocycles. The maximum Gasteiger partial charge on any atom is 0.252 e. The standard InChI is InChI=1S/C12H14BrClN2O.ClH/c13-10-5-8(14)3-4-9(10)12(17)16-11(6-15)7-1-2-7;/h3-5,7,11H,1-2,6,15H2,(H,16,17);1H. The highest BCUT2D eigenvalue weighted by molar-refractivity contribution is 9.10. The van der Waals surface area contributed by atoms with Crippen LogP contribution in [-0.4, -0.2) is 18.5 Å². The van der Waals surface area contributed by atoms with Crippen molar-refractivity contribution in [3.05, 3.63) is 33.3 Å². The van der Waals surface area contributed by atoms with Gasteiger partial charge in [-0.2, -0.15) is 0 Å². The summed E-state index contributed by atoms with van der Waals surface area (Å²) in [5, 5.41) is 3.57. The number of carbonyl (C=O) groups is 1. The van der Waals surface area contributed by atoms with Gasteiger partial charge in [0, 0.05) is 22.1 Å². The molecule has 0 spiro atoms. The minimum atomic E-state index is -0.101. The van der Waals surface area contributed by atoms with Gasteiger partial charge < -0.3 is 11.1 Å². The summed E-state index contributed by atoms with van der Waals surface area (Å²) in [5.74, 6) is 0.450. The van der Waals surface area contributed by atoms with Crippen LogP contribution in [0.25, 0.3) is 0 Å². The molecule has 1 amide bonds. The molecule has 1 aromatic rings. The van der Waals surface area contributed by atoms with E-state index in [2.05, 4.69) is 21.2 Å². The predicted molar refractivity (Wildman–Crippen MR) is 79.4 cm³/mol.